The Balaban J connectivity index is 1.69. The zero-order valence-electron chi connectivity index (χ0n) is 14.4. The SMILES string of the molecule is CC1CCN(c2cc(C(=O)Nc3ccc(C(F)(F)F)cc3)ccn2)CC1. The van der Waals surface area contributed by atoms with Gasteiger partial charge in [0, 0.05) is 30.5 Å². The first kappa shape index (κ1) is 18.2. The molecule has 1 amide bonds. The highest BCUT2D eigenvalue weighted by molar-refractivity contribution is 6.04. The van der Waals surface area contributed by atoms with Crippen molar-refractivity contribution in [2.75, 3.05) is 23.3 Å². The summed E-state index contributed by atoms with van der Waals surface area (Å²) in [7, 11) is 0. The van der Waals surface area contributed by atoms with Crippen LogP contribution in [-0.2, 0) is 6.18 Å². The van der Waals surface area contributed by atoms with E-state index in [-0.39, 0.29) is 5.91 Å². The summed E-state index contributed by atoms with van der Waals surface area (Å²) in [4.78, 5) is 18.9. The summed E-state index contributed by atoms with van der Waals surface area (Å²) in [5, 5.41) is 2.62. The molecule has 26 heavy (non-hydrogen) atoms. The fraction of sp³-hybridized carbons (Fsp3) is 0.368. The first-order valence-corrected chi connectivity index (χ1v) is 8.52. The molecule has 0 bridgehead atoms. The lowest BCUT2D eigenvalue weighted by Gasteiger charge is -2.31. The molecule has 4 nitrogen and oxygen atoms in total. The van der Waals surface area contributed by atoms with Crippen molar-refractivity contribution < 1.29 is 18.0 Å². The lowest BCUT2D eigenvalue weighted by atomic mass is 9.99. The highest BCUT2D eigenvalue weighted by atomic mass is 19.4. The smallest absolute Gasteiger partial charge is 0.357 e. The van der Waals surface area contributed by atoms with Crippen molar-refractivity contribution in [1.29, 1.82) is 0 Å². The van der Waals surface area contributed by atoms with E-state index in [1.54, 1.807) is 18.3 Å². The van der Waals surface area contributed by atoms with Gasteiger partial charge in [0.1, 0.15) is 5.82 Å². The Bertz CT molecular complexity index is 766. The monoisotopic (exact) mass is 363 g/mol. The maximum absolute atomic E-state index is 12.6. The number of carbonyl (C=O) groups excluding carboxylic acids is 1. The molecule has 1 aliphatic heterocycles. The molecule has 1 saturated heterocycles. The van der Waals surface area contributed by atoms with Crippen molar-refractivity contribution in [1.82, 2.24) is 4.98 Å². The number of nitrogens with zero attached hydrogens (tertiary/aromatic N) is 2. The van der Waals surface area contributed by atoms with Crippen LogP contribution in [-0.4, -0.2) is 24.0 Å². The van der Waals surface area contributed by atoms with Gasteiger partial charge in [0.05, 0.1) is 5.56 Å². The van der Waals surface area contributed by atoms with Crippen molar-refractivity contribution in [3.05, 3.63) is 53.7 Å². The second-order valence-corrected chi connectivity index (χ2v) is 6.60. The molecule has 1 N–H and O–H groups in total. The summed E-state index contributed by atoms with van der Waals surface area (Å²) >= 11 is 0. The Labute approximate surface area is 150 Å². The van der Waals surface area contributed by atoms with Gasteiger partial charge in [0.2, 0.25) is 0 Å². The van der Waals surface area contributed by atoms with Crippen LogP contribution in [0.4, 0.5) is 24.7 Å². The van der Waals surface area contributed by atoms with Gasteiger partial charge in [-0.1, -0.05) is 6.92 Å². The predicted octanol–water partition coefficient (Wildman–Crippen LogP) is 4.59. The van der Waals surface area contributed by atoms with E-state index in [0.29, 0.717) is 17.2 Å². The third-order valence-electron chi connectivity index (χ3n) is 4.59. The molecular formula is C19H20F3N3O. The Morgan fingerprint density at radius 2 is 1.81 bits per heavy atom. The zero-order chi connectivity index (χ0) is 18.7. The summed E-state index contributed by atoms with van der Waals surface area (Å²) in [6.07, 6.45) is -0.642. The fourth-order valence-electron chi connectivity index (χ4n) is 2.92. The van der Waals surface area contributed by atoms with Crippen molar-refractivity contribution in [3.8, 4) is 0 Å². The molecule has 138 valence electrons. The maximum atomic E-state index is 12.6. The Hall–Kier alpha value is -2.57. The molecule has 1 fully saturated rings. The van der Waals surface area contributed by atoms with Gasteiger partial charge in [0.15, 0.2) is 0 Å². The zero-order valence-corrected chi connectivity index (χ0v) is 14.4. The summed E-state index contributed by atoms with van der Waals surface area (Å²) in [6.45, 7) is 4.02. The molecule has 3 rings (SSSR count). The van der Waals surface area contributed by atoms with Crippen LogP contribution in [0.5, 0.6) is 0 Å². The van der Waals surface area contributed by atoms with Gasteiger partial charge in [-0.05, 0) is 55.2 Å². The second kappa shape index (κ2) is 7.35. The van der Waals surface area contributed by atoms with Crippen LogP contribution < -0.4 is 10.2 Å². The molecule has 0 unspecified atom stereocenters. The number of pyridine rings is 1. The normalized spacial score (nSPS) is 15.8. The number of rotatable bonds is 3. The molecule has 2 aromatic rings. The average molecular weight is 363 g/mol. The highest BCUT2D eigenvalue weighted by Gasteiger charge is 2.30. The number of hydrogen-bond acceptors (Lipinski definition) is 3. The van der Waals surface area contributed by atoms with Gasteiger partial charge in [-0.25, -0.2) is 4.98 Å². The van der Waals surface area contributed by atoms with Crippen LogP contribution in [0.1, 0.15) is 35.7 Å². The van der Waals surface area contributed by atoms with Gasteiger partial charge in [-0.3, -0.25) is 4.79 Å². The van der Waals surface area contributed by atoms with Gasteiger partial charge in [-0.2, -0.15) is 13.2 Å². The van der Waals surface area contributed by atoms with E-state index in [9.17, 15) is 18.0 Å². The van der Waals surface area contributed by atoms with Crippen molar-refractivity contribution in [2.24, 2.45) is 5.92 Å². The topological polar surface area (TPSA) is 45.2 Å². The fourth-order valence-corrected chi connectivity index (χ4v) is 2.92. The van der Waals surface area contributed by atoms with E-state index >= 15 is 0 Å². The average Bonchev–Trinajstić information content (AvgIpc) is 2.62. The Morgan fingerprint density at radius 3 is 2.42 bits per heavy atom. The first-order chi connectivity index (χ1) is 12.3. The second-order valence-electron chi connectivity index (χ2n) is 6.60. The number of benzene rings is 1. The van der Waals surface area contributed by atoms with E-state index in [4.69, 9.17) is 0 Å². The molecular weight excluding hydrogens is 343 g/mol. The van der Waals surface area contributed by atoms with Crippen LogP contribution in [0.15, 0.2) is 42.6 Å². The van der Waals surface area contributed by atoms with Crippen molar-refractivity contribution in [2.45, 2.75) is 25.9 Å². The van der Waals surface area contributed by atoms with Gasteiger partial charge >= 0.3 is 6.18 Å². The minimum atomic E-state index is -4.39. The van der Waals surface area contributed by atoms with E-state index in [0.717, 1.165) is 43.9 Å². The molecule has 2 heterocycles. The lowest BCUT2D eigenvalue weighted by molar-refractivity contribution is -0.137. The summed E-state index contributed by atoms with van der Waals surface area (Å²) < 4.78 is 37.8. The standard InChI is InChI=1S/C19H20F3N3O/c1-13-7-10-25(11-8-13)17-12-14(6-9-23-17)18(26)24-16-4-2-15(3-5-16)19(20,21)22/h2-6,9,12-13H,7-8,10-11H2,1H3,(H,24,26). The van der Waals surface area contributed by atoms with Crippen LogP contribution in [0.2, 0.25) is 0 Å². The van der Waals surface area contributed by atoms with E-state index in [1.165, 1.54) is 12.1 Å². The number of piperidine rings is 1. The van der Waals surface area contributed by atoms with Crippen LogP contribution in [0.25, 0.3) is 0 Å². The number of amides is 1. The van der Waals surface area contributed by atoms with Crippen LogP contribution >= 0.6 is 0 Å². The van der Waals surface area contributed by atoms with Gasteiger partial charge in [0.25, 0.3) is 5.91 Å². The van der Waals surface area contributed by atoms with Crippen LogP contribution in [0.3, 0.4) is 0 Å². The van der Waals surface area contributed by atoms with E-state index in [2.05, 4.69) is 22.1 Å². The molecule has 1 aromatic heterocycles. The number of aromatic nitrogens is 1. The maximum Gasteiger partial charge on any atom is 0.416 e. The molecule has 0 radical (unpaired) electrons. The summed E-state index contributed by atoms with van der Waals surface area (Å²) in [5.41, 5.74) is -0.0114. The number of anilines is 2. The molecule has 1 aromatic carbocycles. The molecule has 7 heteroatoms. The van der Waals surface area contributed by atoms with Crippen molar-refractivity contribution >= 4 is 17.4 Å². The molecule has 0 saturated carbocycles. The molecule has 1 aliphatic rings. The van der Waals surface area contributed by atoms with Crippen molar-refractivity contribution in [3.63, 3.8) is 0 Å². The lowest BCUT2D eigenvalue weighted by Crippen LogP contribution is -2.33. The summed E-state index contributed by atoms with van der Waals surface area (Å²) in [5.74, 6) is 1.06. The highest BCUT2D eigenvalue weighted by Crippen LogP contribution is 2.30. The molecule has 0 atom stereocenters. The minimum absolute atomic E-state index is 0.313. The van der Waals surface area contributed by atoms with E-state index in [1.807, 2.05) is 0 Å². The number of nitrogens with one attached hydrogen (secondary N) is 1. The largest absolute Gasteiger partial charge is 0.416 e. The third kappa shape index (κ3) is 4.33. The number of halogens is 3. The minimum Gasteiger partial charge on any atom is -0.357 e. The molecule has 0 aliphatic carbocycles. The Morgan fingerprint density at radius 1 is 1.15 bits per heavy atom. The predicted molar refractivity (Wildman–Crippen MR) is 94.2 cm³/mol. The van der Waals surface area contributed by atoms with Gasteiger partial charge in [-0.15, -0.1) is 0 Å². The number of carbonyl (C=O) groups is 1. The number of hydrogen-bond donors (Lipinski definition) is 1. The van der Waals surface area contributed by atoms with E-state index < -0.39 is 11.7 Å². The quantitative estimate of drug-likeness (QED) is 0.868. The number of alkyl halides is 3. The van der Waals surface area contributed by atoms with Gasteiger partial charge < -0.3 is 10.2 Å². The Kier molecular flexibility index (Phi) is 5.15. The third-order valence-corrected chi connectivity index (χ3v) is 4.59. The molecule has 0 spiro atoms. The van der Waals surface area contributed by atoms with Crippen LogP contribution in [0, 0.1) is 5.92 Å². The first-order valence-electron chi connectivity index (χ1n) is 8.52. The summed E-state index contributed by atoms with van der Waals surface area (Å²) in [6, 6.07) is 7.69.